The van der Waals surface area contributed by atoms with Crippen molar-refractivity contribution >= 4 is 16.7 Å². The van der Waals surface area contributed by atoms with E-state index in [0.29, 0.717) is 23.0 Å². The Morgan fingerprint density at radius 1 is 0.913 bits per heavy atom. The summed E-state index contributed by atoms with van der Waals surface area (Å²) >= 11 is 0. The quantitative estimate of drug-likeness (QED) is 0.621. The van der Waals surface area contributed by atoms with Crippen molar-refractivity contribution in [2.24, 2.45) is 5.92 Å². The van der Waals surface area contributed by atoms with Crippen LogP contribution < -0.4 is 18.9 Å². The van der Waals surface area contributed by atoms with E-state index in [-0.39, 0.29) is 11.9 Å². The number of hydrogen-bond donors (Lipinski definition) is 0. The minimum absolute atomic E-state index is 0.257. The molecule has 2 aromatic rings. The van der Waals surface area contributed by atoms with Gasteiger partial charge in [0.1, 0.15) is 0 Å². The number of carbonyl (C=O) groups is 1. The van der Waals surface area contributed by atoms with Gasteiger partial charge >= 0.3 is 5.97 Å². The molecule has 23 heavy (non-hydrogen) atoms. The molecule has 2 rings (SSSR count). The predicted octanol–water partition coefficient (Wildman–Crippen LogP) is 3.74. The molecule has 5 heteroatoms. The van der Waals surface area contributed by atoms with Gasteiger partial charge in [0.2, 0.25) is 11.5 Å². The summed E-state index contributed by atoms with van der Waals surface area (Å²) in [4.78, 5) is 12.1. The summed E-state index contributed by atoms with van der Waals surface area (Å²) in [6.07, 6.45) is 0. The highest BCUT2D eigenvalue weighted by molar-refractivity contribution is 6.02. The van der Waals surface area contributed by atoms with Gasteiger partial charge in [0.25, 0.3) is 0 Å². The number of esters is 1. The highest BCUT2D eigenvalue weighted by Gasteiger charge is 2.26. The summed E-state index contributed by atoms with van der Waals surface area (Å²) in [7, 11) is 4.60. The van der Waals surface area contributed by atoms with E-state index < -0.39 is 0 Å². The maximum absolute atomic E-state index is 12.1. The number of carbonyl (C=O) groups excluding carboxylic acids is 1. The Hall–Kier alpha value is -2.43. The summed E-state index contributed by atoms with van der Waals surface area (Å²) in [5.41, 5.74) is 0.988. The van der Waals surface area contributed by atoms with Gasteiger partial charge in [-0.15, -0.1) is 0 Å². The summed E-state index contributed by atoms with van der Waals surface area (Å²) in [5.74, 6) is 1.06. The third-order valence-electron chi connectivity index (χ3n) is 3.65. The molecule has 0 spiro atoms. The maximum atomic E-state index is 12.1. The summed E-state index contributed by atoms with van der Waals surface area (Å²) in [5, 5.41) is 1.58. The second-order valence-electron chi connectivity index (χ2n) is 5.50. The lowest BCUT2D eigenvalue weighted by molar-refractivity contribution is -0.137. The molecule has 0 aliphatic rings. The Bertz CT molecular complexity index is 734. The number of ether oxygens (including phenoxy) is 4. The Labute approximate surface area is 136 Å². The third kappa shape index (κ3) is 2.91. The second-order valence-corrected chi connectivity index (χ2v) is 5.50. The molecule has 0 aliphatic carbocycles. The molecule has 0 N–H and O–H groups in total. The van der Waals surface area contributed by atoms with E-state index in [0.717, 1.165) is 16.3 Å². The first kappa shape index (κ1) is 16.9. The van der Waals surface area contributed by atoms with Gasteiger partial charge in [-0.3, -0.25) is 4.79 Å². The molecule has 0 unspecified atom stereocenters. The van der Waals surface area contributed by atoms with Gasteiger partial charge in [0, 0.05) is 10.8 Å². The monoisotopic (exact) mass is 318 g/mol. The third-order valence-corrected chi connectivity index (χ3v) is 3.65. The Morgan fingerprint density at radius 2 is 1.48 bits per heavy atom. The first-order valence-corrected chi connectivity index (χ1v) is 7.39. The van der Waals surface area contributed by atoms with Crippen LogP contribution in [0.3, 0.4) is 0 Å². The second kappa shape index (κ2) is 6.77. The SMILES string of the molecule is COc1c(OC)c(OC)c2c(C)cccc2c1OC(=O)C(C)C. The number of fused-ring (bicyclic) bond motifs is 1. The zero-order valence-corrected chi connectivity index (χ0v) is 14.4. The van der Waals surface area contributed by atoms with E-state index in [9.17, 15) is 4.79 Å². The van der Waals surface area contributed by atoms with Crippen LogP contribution in [0.2, 0.25) is 0 Å². The Balaban J connectivity index is 2.88. The van der Waals surface area contributed by atoms with Crippen LogP contribution in [0.1, 0.15) is 19.4 Å². The van der Waals surface area contributed by atoms with E-state index in [1.807, 2.05) is 25.1 Å². The topological polar surface area (TPSA) is 54.0 Å². The lowest BCUT2D eigenvalue weighted by Gasteiger charge is -2.20. The molecule has 0 amide bonds. The van der Waals surface area contributed by atoms with Crippen LogP contribution in [0.5, 0.6) is 23.0 Å². The lowest BCUT2D eigenvalue weighted by Crippen LogP contribution is -2.16. The average Bonchev–Trinajstić information content (AvgIpc) is 2.54. The van der Waals surface area contributed by atoms with Crippen molar-refractivity contribution in [3.8, 4) is 23.0 Å². The molecule has 2 aromatic carbocycles. The van der Waals surface area contributed by atoms with Crippen LogP contribution in [-0.2, 0) is 4.79 Å². The predicted molar refractivity (Wildman–Crippen MR) is 88.8 cm³/mol. The van der Waals surface area contributed by atoms with Gasteiger partial charge in [-0.05, 0) is 12.5 Å². The molecule has 0 aliphatic heterocycles. The number of aryl methyl sites for hydroxylation is 1. The van der Waals surface area contributed by atoms with Crippen LogP contribution in [0, 0.1) is 12.8 Å². The van der Waals surface area contributed by atoms with E-state index in [2.05, 4.69) is 0 Å². The van der Waals surface area contributed by atoms with Crippen molar-refractivity contribution in [3.05, 3.63) is 23.8 Å². The van der Waals surface area contributed by atoms with Gasteiger partial charge in [-0.25, -0.2) is 0 Å². The molecule has 0 aromatic heterocycles. The zero-order chi connectivity index (χ0) is 17.1. The van der Waals surface area contributed by atoms with Crippen molar-refractivity contribution in [2.45, 2.75) is 20.8 Å². The lowest BCUT2D eigenvalue weighted by atomic mass is 10.0. The molecule has 5 nitrogen and oxygen atoms in total. The molecule has 0 saturated carbocycles. The maximum Gasteiger partial charge on any atom is 0.313 e. The molecule has 0 heterocycles. The summed E-state index contributed by atoms with van der Waals surface area (Å²) in [6, 6.07) is 5.73. The van der Waals surface area contributed by atoms with Crippen LogP contribution in [0.4, 0.5) is 0 Å². The molecule has 124 valence electrons. The van der Waals surface area contributed by atoms with Crippen molar-refractivity contribution in [2.75, 3.05) is 21.3 Å². The van der Waals surface area contributed by atoms with Gasteiger partial charge in [0.15, 0.2) is 11.5 Å². The smallest absolute Gasteiger partial charge is 0.313 e. The van der Waals surface area contributed by atoms with Crippen molar-refractivity contribution in [1.29, 1.82) is 0 Å². The first-order chi connectivity index (χ1) is 11.0. The van der Waals surface area contributed by atoms with Gasteiger partial charge in [0.05, 0.1) is 27.2 Å². The Kier molecular flexibility index (Phi) is 4.98. The van der Waals surface area contributed by atoms with Gasteiger partial charge in [-0.2, -0.15) is 0 Å². The zero-order valence-electron chi connectivity index (χ0n) is 14.4. The molecule has 0 fully saturated rings. The van der Waals surface area contributed by atoms with E-state index >= 15 is 0 Å². The van der Waals surface area contributed by atoms with Gasteiger partial charge < -0.3 is 18.9 Å². The number of benzene rings is 2. The largest absolute Gasteiger partial charge is 0.492 e. The van der Waals surface area contributed by atoms with Crippen LogP contribution >= 0.6 is 0 Å². The van der Waals surface area contributed by atoms with E-state index in [4.69, 9.17) is 18.9 Å². The number of rotatable bonds is 5. The summed E-state index contributed by atoms with van der Waals surface area (Å²) < 4.78 is 22.1. The van der Waals surface area contributed by atoms with E-state index in [1.165, 1.54) is 14.2 Å². The van der Waals surface area contributed by atoms with Crippen molar-refractivity contribution in [3.63, 3.8) is 0 Å². The number of methoxy groups -OCH3 is 3. The first-order valence-electron chi connectivity index (χ1n) is 7.39. The highest BCUT2D eigenvalue weighted by atomic mass is 16.6. The summed E-state index contributed by atoms with van der Waals surface area (Å²) in [6.45, 7) is 5.52. The molecule has 0 radical (unpaired) electrons. The molecule has 0 saturated heterocycles. The molecule has 0 atom stereocenters. The minimum Gasteiger partial charge on any atom is -0.492 e. The standard InChI is InChI=1S/C18H22O5/c1-10(2)18(19)23-14-12-9-7-8-11(3)13(12)15(20-4)17(22-6)16(14)21-5/h7-10H,1-6H3. The van der Waals surface area contributed by atoms with Gasteiger partial charge in [-0.1, -0.05) is 32.0 Å². The van der Waals surface area contributed by atoms with Crippen LogP contribution in [0.15, 0.2) is 18.2 Å². The fourth-order valence-corrected chi connectivity index (χ4v) is 2.49. The van der Waals surface area contributed by atoms with Crippen LogP contribution in [-0.4, -0.2) is 27.3 Å². The fourth-order valence-electron chi connectivity index (χ4n) is 2.49. The average molecular weight is 318 g/mol. The van der Waals surface area contributed by atoms with Crippen molar-refractivity contribution in [1.82, 2.24) is 0 Å². The normalized spacial score (nSPS) is 10.7. The number of hydrogen-bond acceptors (Lipinski definition) is 5. The Morgan fingerprint density at radius 3 is 2.00 bits per heavy atom. The van der Waals surface area contributed by atoms with E-state index in [1.54, 1.807) is 21.0 Å². The molecular formula is C18H22O5. The highest BCUT2D eigenvalue weighted by Crippen LogP contribution is 2.51. The van der Waals surface area contributed by atoms with Crippen LogP contribution in [0.25, 0.3) is 10.8 Å². The fraction of sp³-hybridized carbons (Fsp3) is 0.389. The van der Waals surface area contributed by atoms with Crippen molar-refractivity contribution < 1.29 is 23.7 Å². The molecule has 0 bridgehead atoms. The minimum atomic E-state index is -0.335. The molecular weight excluding hydrogens is 296 g/mol.